The summed E-state index contributed by atoms with van der Waals surface area (Å²) in [7, 11) is -3.83. The van der Waals surface area contributed by atoms with Crippen LogP contribution in [0.15, 0.2) is 80.3 Å². The lowest BCUT2D eigenvalue weighted by atomic mass is 10.1. The van der Waals surface area contributed by atoms with E-state index in [2.05, 4.69) is 11.0 Å². The highest BCUT2D eigenvalue weighted by Gasteiger charge is 2.19. The summed E-state index contributed by atoms with van der Waals surface area (Å²) in [6.45, 7) is 8.20. The SMILES string of the molecule is C=CCn1c(-c2c(C)oc3ccccc23)cs/c1=N/S(=O)(=O)c1ccc(CC)cc1. The minimum Gasteiger partial charge on any atom is -0.461 e. The molecular formula is C23H22N2O3S2. The second-order valence-electron chi connectivity index (χ2n) is 6.90. The number of hydrogen-bond donors (Lipinski definition) is 0. The van der Waals surface area contributed by atoms with Gasteiger partial charge in [0.2, 0.25) is 4.80 Å². The third-order valence-electron chi connectivity index (χ3n) is 4.96. The third kappa shape index (κ3) is 3.66. The molecule has 0 fully saturated rings. The summed E-state index contributed by atoms with van der Waals surface area (Å²) in [5.74, 6) is 0.774. The van der Waals surface area contributed by atoms with Crippen molar-refractivity contribution in [2.24, 2.45) is 4.40 Å². The summed E-state index contributed by atoms with van der Waals surface area (Å²) in [6, 6.07) is 14.7. The van der Waals surface area contributed by atoms with Crippen LogP contribution in [-0.4, -0.2) is 13.0 Å². The Bertz CT molecular complexity index is 1390. The van der Waals surface area contributed by atoms with Crippen LogP contribution in [0.1, 0.15) is 18.2 Å². The highest BCUT2D eigenvalue weighted by atomic mass is 32.2. The van der Waals surface area contributed by atoms with Gasteiger partial charge in [0.1, 0.15) is 11.3 Å². The fourth-order valence-electron chi connectivity index (χ4n) is 3.45. The molecule has 5 nitrogen and oxygen atoms in total. The number of rotatable bonds is 6. The van der Waals surface area contributed by atoms with Crippen LogP contribution in [-0.2, 0) is 23.0 Å². The number of sulfonamides is 1. The van der Waals surface area contributed by atoms with Gasteiger partial charge in [0, 0.05) is 22.9 Å². The number of nitrogens with zero attached hydrogens (tertiary/aromatic N) is 2. The number of benzene rings is 2. The maximum Gasteiger partial charge on any atom is 0.285 e. The Morgan fingerprint density at radius 2 is 1.90 bits per heavy atom. The number of thiazole rings is 1. The van der Waals surface area contributed by atoms with Crippen LogP contribution >= 0.6 is 11.3 Å². The summed E-state index contributed by atoms with van der Waals surface area (Å²) in [6.07, 6.45) is 2.58. The van der Waals surface area contributed by atoms with Crippen molar-refractivity contribution < 1.29 is 12.8 Å². The first-order chi connectivity index (χ1) is 14.4. The van der Waals surface area contributed by atoms with E-state index in [0.29, 0.717) is 11.3 Å². The van der Waals surface area contributed by atoms with E-state index in [0.717, 1.165) is 40.0 Å². The molecule has 2 aromatic heterocycles. The van der Waals surface area contributed by atoms with Crippen molar-refractivity contribution in [3.8, 4) is 11.3 Å². The summed E-state index contributed by atoms with van der Waals surface area (Å²) in [4.78, 5) is 0.582. The molecule has 0 spiro atoms. The van der Waals surface area contributed by atoms with E-state index in [1.165, 1.54) is 11.3 Å². The molecule has 0 atom stereocenters. The molecule has 30 heavy (non-hydrogen) atoms. The van der Waals surface area contributed by atoms with Gasteiger partial charge in [0.15, 0.2) is 0 Å². The zero-order chi connectivity index (χ0) is 21.3. The molecule has 0 bridgehead atoms. The second kappa shape index (κ2) is 8.08. The molecule has 4 rings (SSSR count). The van der Waals surface area contributed by atoms with Gasteiger partial charge in [-0.1, -0.05) is 43.3 Å². The fraction of sp³-hybridized carbons (Fsp3) is 0.174. The molecule has 0 aliphatic heterocycles. The van der Waals surface area contributed by atoms with Crippen LogP contribution in [0.4, 0.5) is 0 Å². The Hall–Kier alpha value is -2.90. The molecule has 2 aromatic carbocycles. The Balaban J connectivity index is 1.88. The van der Waals surface area contributed by atoms with E-state index in [1.807, 2.05) is 60.2 Å². The van der Waals surface area contributed by atoms with Gasteiger partial charge in [-0.15, -0.1) is 22.3 Å². The predicted octanol–water partition coefficient (Wildman–Crippen LogP) is 5.31. The van der Waals surface area contributed by atoms with Gasteiger partial charge in [0.05, 0.1) is 10.6 Å². The maximum atomic E-state index is 12.9. The Morgan fingerprint density at radius 1 is 1.17 bits per heavy atom. The molecule has 0 aliphatic carbocycles. The Kier molecular flexibility index (Phi) is 5.49. The third-order valence-corrected chi connectivity index (χ3v) is 7.23. The van der Waals surface area contributed by atoms with Crippen molar-refractivity contribution in [2.75, 3.05) is 0 Å². The quantitative estimate of drug-likeness (QED) is 0.383. The number of furan rings is 1. The molecule has 2 heterocycles. The topological polar surface area (TPSA) is 64.6 Å². The van der Waals surface area contributed by atoms with Gasteiger partial charge in [-0.3, -0.25) is 0 Å². The van der Waals surface area contributed by atoms with Gasteiger partial charge in [-0.2, -0.15) is 8.42 Å². The average Bonchev–Trinajstić information content (AvgIpc) is 3.27. The minimum absolute atomic E-state index is 0.185. The van der Waals surface area contributed by atoms with E-state index in [1.54, 1.807) is 18.2 Å². The van der Waals surface area contributed by atoms with Crippen molar-refractivity contribution in [3.63, 3.8) is 0 Å². The maximum absolute atomic E-state index is 12.9. The average molecular weight is 439 g/mol. The number of aryl methyl sites for hydroxylation is 2. The first kappa shape index (κ1) is 20.4. The molecule has 0 unspecified atom stereocenters. The smallest absolute Gasteiger partial charge is 0.285 e. The highest BCUT2D eigenvalue weighted by Crippen LogP contribution is 2.34. The van der Waals surface area contributed by atoms with E-state index < -0.39 is 10.0 Å². The normalized spacial score (nSPS) is 12.5. The Morgan fingerprint density at radius 3 is 2.60 bits per heavy atom. The number of hydrogen-bond acceptors (Lipinski definition) is 4. The van der Waals surface area contributed by atoms with Crippen LogP contribution in [0.2, 0.25) is 0 Å². The van der Waals surface area contributed by atoms with Crippen LogP contribution in [0.5, 0.6) is 0 Å². The number of aromatic nitrogens is 1. The molecule has 154 valence electrons. The second-order valence-corrected chi connectivity index (χ2v) is 9.34. The predicted molar refractivity (Wildman–Crippen MR) is 121 cm³/mol. The van der Waals surface area contributed by atoms with Gasteiger partial charge in [0.25, 0.3) is 10.0 Å². The van der Waals surface area contributed by atoms with Gasteiger partial charge in [-0.25, -0.2) is 0 Å². The van der Waals surface area contributed by atoms with Crippen LogP contribution in [0, 0.1) is 6.92 Å². The van der Waals surface area contributed by atoms with Gasteiger partial charge in [-0.05, 0) is 37.1 Å². The molecule has 4 aromatic rings. The molecule has 0 amide bonds. The molecule has 0 saturated carbocycles. The van der Waals surface area contributed by atoms with Crippen LogP contribution in [0.3, 0.4) is 0 Å². The van der Waals surface area contributed by atoms with E-state index in [-0.39, 0.29) is 4.90 Å². The largest absolute Gasteiger partial charge is 0.461 e. The monoisotopic (exact) mass is 438 g/mol. The summed E-state index contributed by atoms with van der Waals surface area (Å²) in [5.41, 5.74) is 3.67. The first-order valence-electron chi connectivity index (χ1n) is 9.62. The number of para-hydroxylation sites is 1. The van der Waals surface area contributed by atoms with Crippen LogP contribution < -0.4 is 4.80 Å². The summed E-state index contributed by atoms with van der Waals surface area (Å²) < 4.78 is 37.7. The van der Waals surface area contributed by atoms with Crippen molar-refractivity contribution in [2.45, 2.75) is 31.7 Å². The summed E-state index contributed by atoms with van der Waals surface area (Å²) in [5, 5.41) is 2.90. The van der Waals surface area contributed by atoms with Crippen molar-refractivity contribution >= 4 is 32.3 Å². The first-order valence-corrected chi connectivity index (χ1v) is 11.9. The van der Waals surface area contributed by atoms with Crippen molar-refractivity contribution in [1.82, 2.24) is 4.57 Å². The lowest BCUT2D eigenvalue weighted by Gasteiger charge is -2.06. The molecule has 0 radical (unpaired) electrons. The van der Waals surface area contributed by atoms with E-state index >= 15 is 0 Å². The van der Waals surface area contributed by atoms with E-state index in [9.17, 15) is 8.42 Å². The minimum atomic E-state index is -3.83. The zero-order valence-electron chi connectivity index (χ0n) is 16.8. The highest BCUT2D eigenvalue weighted by molar-refractivity contribution is 7.90. The fourth-order valence-corrected chi connectivity index (χ4v) is 5.57. The lowest BCUT2D eigenvalue weighted by Crippen LogP contribution is -2.17. The van der Waals surface area contributed by atoms with Crippen molar-refractivity contribution in [3.05, 3.63) is 82.7 Å². The summed E-state index contributed by atoms with van der Waals surface area (Å²) >= 11 is 1.29. The van der Waals surface area contributed by atoms with E-state index in [4.69, 9.17) is 4.42 Å². The van der Waals surface area contributed by atoms with Crippen molar-refractivity contribution in [1.29, 1.82) is 0 Å². The Labute approximate surface area is 179 Å². The molecule has 0 N–H and O–H groups in total. The lowest BCUT2D eigenvalue weighted by molar-refractivity contribution is 0.579. The van der Waals surface area contributed by atoms with Gasteiger partial charge < -0.3 is 8.98 Å². The molecular weight excluding hydrogens is 416 g/mol. The molecule has 7 heteroatoms. The number of allylic oxidation sites excluding steroid dienone is 1. The number of fused-ring (bicyclic) bond motifs is 1. The standard InChI is InChI=1S/C23H22N2O3S2/c1-4-14-25-20(22-16(3)28-21-9-7-6-8-19(21)22)15-29-23(25)24-30(26,27)18-12-10-17(5-2)11-13-18/h4,6-13,15H,1,5,14H2,2-3H3/b24-23+. The molecule has 0 aliphatic rings. The molecule has 0 saturated heterocycles. The zero-order valence-corrected chi connectivity index (χ0v) is 18.5. The van der Waals surface area contributed by atoms with Crippen LogP contribution in [0.25, 0.3) is 22.2 Å². The van der Waals surface area contributed by atoms with Gasteiger partial charge >= 0.3 is 0 Å².